The molecule has 1 atom stereocenters. The van der Waals surface area contributed by atoms with Gasteiger partial charge in [-0.05, 0) is 83.7 Å². The van der Waals surface area contributed by atoms with E-state index in [0.29, 0.717) is 11.3 Å². The second kappa shape index (κ2) is 8.81. The van der Waals surface area contributed by atoms with Gasteiger partial charge in [0.25, 0.3) is 11.7 Å². The van der Waals surface area contributed by atoms with Gasteiger partial charge in [-0.1, -0.05) is 45.0 Å². The largest absolute Gasteiger partial charge is 0.507 e. The first-order chi connectivity index (χ1) is 16.8. The van der Waals surface area contributed by atoms with Crippen molar-refractivity contribution in [3.63, 3.8) is 0 Å². The molecule has 2 aromatic carbocycles. The molecule has 1 N–H and O–H groups in total. The van der Waals surface area contributed by atoms with Crippen LogP contribution < -0.4 is 4.90 Å². The second-order valence-electron chi connectivity index (χ2n) is 10.4. The standard InChI is InChI=1S/C30H30N2O3/c1-30(2,3)23-10-12-24(13-11-23)32-26(20-14-16-31-17-15-20)25(28(34)29(32)35)27(33)22-9-8-19-6-4-5-7-21(19)18-22/h8-18,26,33H,4-7H2,1-3H3/b27-25-. The number of fused-ring (bicyclic) bond motifs is 1. The van der Waals surface area contributed by atoms with E-state index in [1.165, 1.54) is 22.4 Å². The minimum Gasteiger partial charge on any atom is -0.507 e. The van der Waals surface area contributed by atoms with Crippen LogP contribution >= 0.6 is 0 Å². The van der Waals surface area contributed by atoms with Crippen molar-refractivity contribution in [3.8, 4) is 0 Å². The van der Waals surface area contributed by atoms with Crippen molar-refractivity contribution in [1.82, 2.24) is 4.98 Å². The molecule has 178 valence electrons. The molecule has 1 amide bonds. The molecule has 0 bridgehead atoms. The summed E-state index contributed by atoms with van der Waals surface area (Å²) in [7, 11) is 0. The van der Waals surface area contributed by atoms with E-state index in [1.807, 2.05) is 42.5 Å². The van der Waals surface area contributed by atoms with Gasteiger partial charge in [0.2, 0.25) is 0 Å². The van der Waals surface area contributed by atoms with Gasteiger partial charge in [-0.25, -0.2) is 0 Å². The second-order valence-corrected chi connectivity index (χ2v) is 10.4. The zero-order valence-electron chi connectivity index (χ0n) is 20.4. The lowest BCUT2D eigenvalue weighted by Crippen LogP contribution is -2.29. The molecule has 35 heavy (non-hydrogen) atoms. The van der Waals surface area contributed by atoms with Crippen LogP contribution in [-0.4, -0.2) is 21.8 Å². The number of ketones is 1. The van der Waals surface area contributed by atoms with E-state index < -0.39 is 17.7 Å². The Morgan fingerprint density at radius 3 is 2.23 bits per heavy atom. The molecule has 1 aromatic heterocycles. The Bertz CT molecular complexity index is 1320. The Morgan fingerprint density at radius 1 is 0.914 bits per heavy atom. The number of amides is 1. The Morgan fingerprint density at radius 2 is 1.57 bits per heavy atom. The summed E-state index contributed by atoms with van der Waals surface area (Å²) in [6.07, 6.45) is 7.54. The molecule has 3 aromatic rings. The summed E-state index contributed by atoms with van der Waals surface area (Å²) in [5, 5.41) is 11.4. The fraction of sp³-hybridized carbons (Fsp3) is 0.300. The van der Waals surface area contributed by atoms with Crippen LogP contribution in [-0.2, 0) is 27.8 Å². The number of nitrogens with zero attached hydrogens (tertiary/aromatic N) is 2. The van der Waals surface area contributed by atoms with Gasteiger partial charge >= 0.3 is 0 Å². The van der Waals surface area contributed by atoms with Crippen LogP contribution in [0.15, 0.2) is 72.6 Å². The van der Waals surface area contributed by atoms with E-state index in [4.69, 9.17) is 0 Å². The highest BCUT2D eigenvalue weighted by molar-refractivity contribution is 6.51. The maximum absolute atomic E-state index is 13.4. The Balaban J connectivity index is 1.65. The fourth-order valence-electron chi connectivity index (χ4n) is 5.12. The van der Waals surface area contributed by atoms with E-state index in [9.17, 15) is 14.7 Å². The number of aliphatic hydroxyl groups excluding tert-OH is 1. The first-order valence-electron chi connectivity index (χ1n) is 12.2. The maximum Gasteiger partial charge on any atom is 0.300 e. The zero-order valence-corrected chi connectivity index (χ0v) is 20.4. The highest BCUT2D eigenvalue weighted by atomic mass is 16.3. The average molecular weight is 467 g/mol. The lowest BCUT2D eigenvalue weighted by molar-refractivity contribution is -0.132. The molecular weight excluding hydrogens is 436 g/mol. The van der Waals surface area contributed by atoms with Crippen LogP contribution in [0.5, 0.6) is 0 Å². The number of carbonyl (C=O) groups excluding carboxylic acids is 2. The number of aryl methyl sites for hydroxylation is 2. The van der Waals surface area contributed by atoms with Gasteiger partial charge in [0.05, 0.1) is 11.6 Å². The molecule has 5 nitrogen and oxygen atoms in total. The molecule has 1 aliphatic carbocycles. The molecule has 5 heteroatoms. The van der Waals surface area contributed by atoms with Crippen LogP contribution in [0, 0.1) is 0 Å². The number of hydrogen-bond acceptors (Lipinski definition) is 4. The molecule has 1 unspecified atom stereocenters. The summed E-state index contributed by atoms with van der Waals surface area (Å²) < 4.78 is 0. The predicted molar refractivity (Wildman–Crippen MR) is 137 cm³/mol. The number of pyridine rings is 1. The molecule has 5 rings (SSSR count). The average Bonchev–Trinajstić information content (AvgIpc) is 3.13. The predicted octanol–water partition coefficient (Wildman–Crippen LogP) is 5.88. The first kappa shape index (κ1) is 23.0. The topological polar surface area (TPSA) is 70.5 Å². The Kier molecular flexibility index (Phi) is 5.79. The smallest absolute Gasteiger partial charge is 0.300 e. The molecule has 0 radical (unpaired) electrons. The van der Waals surface area contributed by atoms with E-state index >= 15 is 0 Å². The number of carbonyl (C=O) groups is 2. The van der Waals surface area contributed by atoms with Crippen molar-refractivity contribution < 1.29 is 14.7 Å². The SMILES string of the molecule is CC(C)(C)c1ccc(N2C(=O)C(=O)/C(=C(\O)c3ccc4c(c3)CCCC4)C2c2ccncc2)cc1. The monoisotopic (exact) mass is 466 g/mol. The number of anilines is 1. The van der Waals surface area contributed by atoms with E-state index in [2.05, 4.69) is 25.8 Å². The minimum atomic E-state index is -0.741. The van der Waals surface area contributed by atoms with Crippen molar-refractivity contribution in [2.24, 2.45) is 0 Å². The van der Waals surface area contributed by atoms with Gasteiger partial charge in [-0.15, -0.1) is 0 Å². The quantitative estimate of drug-likeness (QED) is 0.297. The molecule has 1 fully saturated rings. The van der Waals surface area contributed by atoms with Crippen LogP contribution in [0.25, 0.3) is 5.76 Å². The summed E-state index contributed by atoms with van der Waals surface area (Å²) in [6.45, 7) is 6.39. The van der Waals surface area contributed by atoms with Crippen LogP contribution in [0.3, 0.4) is 0 Å². The zero-order chi connectivity index (χ0) is 24.7. The summed E-state index contributed by atoms with van der Waals surface area (Å²) in [4.78, 5) is 32.3. The molecule has 0 spiro atoms. The van der Waals surface area contributed by atoms with Gasteiger partial charge in [-0.3, -0.25) is 19.5 Å². The molecule has 1 aliphatic heterocycles. The molecule has 2 heterocycles. The highest BCUT2D eigenvalue weighted by Gasteiger charge is 2.47. The van der Waals surface area contributed by atoms with Crippen molar-refractivity contribution in [2.45, 2.75) is 57.9 Å². The van der Waals surface area contributed by atoms with Crippen LogP contribution in [0.1, 0.15) is 67.5 Å². The summed E-state index contributed by atoms with van der Waals surface area (Å²) >= 11 is 0. The van der Waals surface area contributed by atoms with Crippen molar-refractivity contribution in [3.05, 3.63) is 100 Å². The van der Waals surface area contributed by atoms with Gasteiger partial charge in [0.1, 0.15) is 5.76 Å². The number of benzene rings is 2. The van der Waals surface area contributed by atoms with E-state index in [0.717, 1.165) is 30.4 Å². The van der Waals surface area contributed by atoms with Gasteiger partial charge in [0.15, 0.2) is 0 Å². The molecule has 2 aliphatic rings. The lowest BCUT2D eigenvalue weighted by atomic mass is 9.87. The minimum absolute atomic E-state index is 0.0380. The summed E-state index contributed by atoms with van der Waals surface area (Å²) in [5.41, 5.74) is 5.61. The van der Waals surface area contributed by atoms with Crippen molar-refractivity contribution >= 4 is 23.1 Å². The number of aliphatic hydroxyl groups is 1. The number of Topliss-reactive ketones (excluding diaryl/α,β-unsaturated/α-hetero) is 1. The van der Waals surface area contributed by atoms with Gasteiger partial charge in [0, 0.05) is 23.6 Å². The fourth-order valence-corrected chi connectivity index (χ4v) is 5.12. The lowest BCUT2D eigenvalue weighted by Gasteiger charge is -2.26. The van der Waals surface area contributed by atoms with Gasteiger partial charge in [-0.2, -0.15) is 0 Å². The number of hydrogen-bond donors (Lipinski definition) is 1. The van der Waals surface area contributed by atoms with Gasteiger partial charge < -0.3 is 5.11 Å². The summed E-state index contributed by atoms with van der Waals surface area (Å²) in [6, 6.07) is 16.4. The third-order valence-electron chi connectivity index (χ3n) is 7.10. The first-order valence-corrected chi connectivity index (χ1v) is 12.2. The van der Waals surface area contributed by atoms with E-state index in [1.54, 1.807) is 24.5 Å². The third-order valence-corrected chi connectivity index (χ3v) is 7.10. The summed E-state index contributed by atoms with van der Waals surface area (Å²) in [5.74, 6) is -1.45. The molecule has 0 saturated carbocycles. The van der Waals surface area contributed by atoms with E-state index in [-0.39, 0.29) is 16.7 Å². The highest BCUT2D eigenvalue weighted by Crippen LogP contribution is 2.42. The number of rotatable bonds is 3. The number of aromatic nitrogens is 1. The van der Waals surface area contributed by atoms with Crippen LogP contribution in [0.2, 0.25) is 0 Å². The van der Waals surface area contributed by atoms with Crippen molar-refractivity contribution in [1.29, 1.82) is 0 Å². The molecular formula is C30H30N2O3. The molecule has 1 saturated heterocycles. The van der Waals surface area contributed by atoms with Crippen molar-refractivity contribution in [2.75, 3.05) is 4.90 Å². The van der Waals surface area contributed by atoms with Crippen LogP contribution in [0.4, 0.5) is 5.69 Å². The normalized spacial score (nSPS) is 19.6. The Hall–Kier alpha value is -3.73. The Labute approximate surface area is 206 Å². The third kappa shape index (κ3) is 4.16. The maximum atomic E-state index is 13.4.